The molecule has 0 fully saturated rings. The van der Waals surface area contributed by atoms with Gasteiger partial charge in [-0.05, 0) is 11.4 Å². The van der Waals surface area contributed by atoms with Gasteiger partial charge in [0, 0.05) is 25.1 Å². The minimum absolute atomic E-state index is 0.366. The lowest BCUT2D eigenvalue weighted by molar-refractivity contribution is 0.176. The van der Waals surface area contributed by atoms with Crippen LogP contribution >= 0.6 is 11.3 Å². The normalized spacial score (nSPS) is 10.3. The monoisotopic (exact) mass is 265 g/mol. The highest BCUT2D eigenvalue weighted by molar-refractivity contribution is 7.09. The second kappa shape index (κ2) is 6.32. The molecule has 0 aliphatic rings. The van der Waals surface area contributed by atoms with Gasteiger partial charge < -0.3 is 14.8 Å². The van der Waals surface area contributed by atoms with E-state index in [2.05, 4.69) is 15.3 Å². The van der Waals surface area contributed by atoms with E-state index < -0.39 is 0 Å². The summed E-state index contributed by atoms with van der Waals surface area (Å²) in [6.45, 7) is 0.884. The van der Waals surface area contributed by atoms with Crippen LogP contribution < -0.4 is 10.1 Å². The van der Waals surface area contributed by atoms with E-state index in [-0.39, 0.29) is 0 Å². The largest absolute Gasteiger partial charge is 0.472 e. The highest BCUT2D eigenvalue weighted by Crippen LogP contribution is 2.17. The third-order valence-corrected chi connectivity index (χ3v) is 3.07. The Labute approximate surface area is 110 Å². The summed E-state index contributed by atoms with van der Waals surface area (Å²) in [7, 11) is 3.42. The van der Waals surface area contributed by atoms with Crippen molar-refractivity contribution in [3.63, 3.8) is 0 Å². The summed E-state index contributed by atoms with van der Waals surface area (Å²) in [4.78, 5) is 9.70. The van der Waals surface area contributed by atoms with Crippen molar-refractivity contribution in [3.8, 4) is 5.88 Å². The molecule has 0 aliphatic carbocycles. The molecular formula is C12H15N3O2S. The van der Waals surface area contributed by atoms with Gasteiger partial charge in [-0.2, -0.15) is 4.98 Å². The van der Waals surface area contributed by atoms with Crippen LogP contribution in [0, 0.1) is 0 Å². The molecule has 0 aliphatic heterocycles. The molecule has 0 amide bonds. The summed E-state index contributed by atoms with van der Waals surface area (Å²) in [5.74, 6) is 1.87. The number of ether oxygens (including phenoxy) is 2. The molecule has 0 bridgehead atoms. The minimum Gasteiger partial charge on any atom is -0.472 e. The fourth-order valence-corrected chi connectivity index (χ4v) is 2.02. The van der Waals surface area contributed by atoms with E-state index in [9.17, 15) is 0 Å². The van der Waals surface area contributed by atoms with Crippen LogP contribution in [0.2, 0.25) is 0 Å². The summed E-state index contributed by atoms with van der Waals surface area (Å²) < 4.78 is 10.7. The molecule has 0 spiro atoms. The van der Waals surface area contributed by atoms with Crippen LogP contribution in [-0.4, -0.2) is 24.1 Å². The Kier molecular flexibility index (Phi) is 4.49. The average Bonchev–Trinajstić information content (AvgIpc) is 2.89. The third kappa shape index (κ3) is 3.41. The number of thiophene rings is 1. The van der Waals surface area contributed by atoms with Gasteiger partial charge in [-0.15, -0.1) is 11.3 Å². The fraction of sp³-hybridized carbons (Fsp3) is 0.333. The third-order valence-electron chi connectivity index (χ3n) is 2.22. The van der Waals surface area contributed by atoms with E-state index in [1.54, 1.807) is 24.5 Å². The topological polar surface area (TPSA) is 56.3 Å². The first-order valence-corrected chi connectivity index (χ1v) is 6.39. The zero-order valence-corrected chi connectivity index (χ0v) is 11.2. The molecule has 0 radical (unpaired) electrons. The molecule has 2 rings (SSSR count). The maximum Gasteiger partial charge on any atom is 0.219 e. The van der Waals surface area contributed by atoms with Gasteiger partial charge >= 0.3 is 0 Å². The Morgan fingerprint density at radius 3 is 2.89 bits per heavy atom. The predicted octanol–water partition coefficient (Wildman–Crippen LogP) is 2.31. The van der Waals surface area contributed by atoms with Gasteiger partial charge in [0.1, 0.15) is 19.0 Å². The van der Waals surface area contributed by atoms with Crippen molar-refractivity contribution in [2.75, 3.05) is 19.5 Å². The number of nitrogens with zero attached hydrogens (tertiary/aromatic N) is 2. The molecule has 0 aromatic carbocycles. The first kappa shape index (κ1) is 12.8. The van der Waals surface area contributed by atoms with Gasteiger partial charge in [0.2, 0.25) is 5.88 Å². The summed E-state index contributed by atoms with van der Waals surface area (Å²) >= 11 is 1.66. The molecule has 96 valence electrons. The van der Waals surface area contributed by atoms with Crippen LogP contribution in [0.25, 0.3) is 0 Å². The number of methoxy groups -OCH3 is 1. The summed E-state index contributed by atoms with van der Waals surface area (Å²) in [6, 6.07) is 5.80. The molecule has 2 aromatic heterocycles. The molecule has 2 heterocycles. The Morgan fingerprint density at radius 1 is 1.33 bits per heavy atom. The van der Waals surface area contributed by atoms with Crippen LogP contribution in [-0.2, 0) is 18.0 Å². The first-order chi connectivity index (χ1) is 8.81. The second-order valence-electron chi connectivity index (χ2n) is 3.56. The van der Waals surface area contributed by atoms with E-state index in [4.69, 9.17) is 9.47 Å². The number of aromatic nitrogens is 2. The van der Waals surface area contributed by atoms with Crippen molar-refractivity contribution in [1.29, 1.82) is 0 Å². The molecule has 1 N–H and O–H groups in total. The number of rotatable bonds is 6. The summed E-state index contributed by atoms with van der Waals surface area (Å²) in [5, 5.41) is 5.00. The Bertz CT molecular complexity index is 488. The van der Waals surface area contributed by atoms with Crippen molar-refractivity contribution in [2.45, 2.75) is 13.2 Å². The van der Waals surface area contributed by atoms with Gasteiger partial charge in [0.25, 0.3) is 0 Å². The molecule has 0 saturated heterocycles. The van der Waals surface area contributed by atoms with Gasteiger partial charge in [0.05, 0.1) is 0 Å². The minimum atomic E-state index is 0.366. The smallest absolute Gasteiger partial charge is 0.219 e. The number of hydrogen-bond acceptors (Lipinski definition) is 6. The van der Waals surface area contributed by atoms with Crippen LogP contribution in [0.1, 0.15) is 10.7 Å². The highest BCUT2D eigenvalue weighted by atomic mass is 32.1. The zero-order chi connectivity index (χ0) is 12.8. The Morgan fingerprint density at radius 2 is 2.22 bits per heavy atom. The van der Waals surface area contributed by atoms with Crippen LogP contribution in [0.15, 0.2) is 23.6 Å². The quantitative estimate of drug-likeness (QED) is 0.868. The summed E-state index contributed by atoms with van der Waals surface area (Å²) in [5.41, 5.74) is 0. The van der Waals surface area contributed by atoms with E-state index in [1.165, 1.54) is 0 Å². The standard InChI is InChI=1S/C12H15N3O2S/c1-13-10-6-12(15-11(14-10)8-16-2)17-7-9-4-3-5-18-9/h3-6H,7-8H2,1-2H3,(H,13,14,15). The van der Waals surface area contributed by atoms with Crippen LogP contribution in [0.5, 0.6) is 5.88 Å². The maximum absolute atomic E-state index is 5.64. The lowest BCUT2D eigenvalue weighted by Crippen LogP contribution is -2.04. The van der Waals surface area contributed by atoms with E-state index in [0.717, 1.165) is 10.7 Å². The molecule has 6 heteroatoms. The van der Waals surface area contributed by atoms with Crippen LogP contribution in [0.4, 0.5) is 5.82 Å². The first-order valence-electron chi connectivity index (χ1n) is 5.51. The number of anilines is 1. The Balaban J connectivity index is 2.08. The number of hydrogen-bond donors (Lipinski definition) is 1. The van der Waals surface area contributed by atoms with E-state index in [1.807, 2.05) is 24.6 Å². The van der Waals surface area contributed by atoms with Gasteiger partial charge in [0.15, 0.2) is 5.82 Å². The average molecular weight is 265 g/mol. The van der Waals surface area contributed by atoms with Crippen molar-refractivity contribution >= 4 is 17.2 Å². The van der Waals surface area contributed by atoms with Crippen molar-refractivity contribution in [3.05, 3.63) is 34.3 Å². The maximum atomic E-state index is 5.64. The van der Waals surface area contributed by atoms with Crippen molar-refractivity contribution in [2.24, 2.45) is 0 Å². The van der Waals surface area contributed by atoms with Gasteiger partial charge in [-0.3, -0.25) is 0 Å². The van der Waals surface area contributed by atoms with Gasteiger partial charge in [-0.1, -0.05) is 6.07 Å². The van der Waals surface area contributed by atoms with Crippen molar-refractivity contribution in [1.82, 2.24) is 9.97 Å². The predicted molar refractivity (Wildman–Crippen MR) is 70.9 cm³/mol. The molecule has 0 unspecified atom stereocenters. The number of nitrogens with one attached hydrogen (secondary N) is 1. The molecule has 2 aromatic rings. The van der Waals surface area contributed by atoms with Gasteiger partial charge in [-0.25, -0.2) is 4.98 Å². The fourth-order valence-electron chi connectivity index (χ4n) is 1.41. The molecule has 5 nitrogen and oxygen atoms in total. The molecular weight excluding hydrogens is 250 g/mol. The molecule has 0 atom stereocenters. The SMILES string of the molecule is CNc1cc(OCc2cccs2)nc(COC)n1. The zero-order valence-electron chi connectivity index (χ0n) is 10.3. The molecule has 0 saturated carbocycles. The summed E-state index contributed by atoms with van der Waals surface area (Å²) in [6.07, 6.45) is 0. The van der Waals surface area contributed by atoms with E-state index >= 15 is 0 Å². The van der Waals surface area contributed by atoms with Crippen LogP contribution in [0.3, 0.4) is 0 Å². The van der Waals surface area contributed by atoms with E-state index in [0.29, 0.717) is 24.9 Å². The highest BCUT2D eigenvalue weighted by Gasteiger charge is 2.05. The molecule has 18 heavy (non-hydrogen) atoms. The second-order valence-corrected chi connectivity index (χ2v) is 4.59. The lowest BCUT2D eigenvalue weighted by Gasteiger charge is -2.08. The van der Waals surface area contributed by atoms with Crippen molar-refractivity contribution < 1.29 is 9.47 Å². The lowest BCUT2D eigenvalue weighted by atomic mass is 10.5. The Hall–Kier alpha value is -1.66.